The van der Waals surface area contributed by atoms with E-state index >= 15 is 0 Å². The molecule has 6 rings (SSSR count). The summed E-state index contributed by atoms with van der Waals surface area (Å²) in [5.41, 5.74) is 3.16. The normalized spacial score (nSPS) is 34.0. The lowest BCUT2D eigenvalue weighted by atomic mass is 9.49. The average Bonchev–Trinajstić information content (AvgIpc) is 2.89. The van der Waals surface area contributed by atoms with Crippen LogP contribution in [-0.2, 0) is 11.8 Å². The highest BCUT2D eigenvalue weighted by Gasteiger charge is 2.54. The summed E-state index contributed by atoms with van der Waals surface area (Å²) in [7, 11) is 1.79. The van der Waals surface area contributed by atoms with Gasteiger partial charge in [-0.2, -0.15) is 0 Å². The maximum absolute atomic E-state index is 14.0. The van der Waals surface area contributed by atoms with Gasteiger partial charge in [0.25, 0.3) is 0 Å². The molecule has 132 valence electrons. The predicted octanol–water partition coefficient (Wildman–Crippen LogP) is 3.53. The summed E-state index contributed by atoms with van der Waals surface area (Å²) in [6.07, 6.45) is 7.01. The number of nitrogens with one attached hydrogen (secondary N) is 1. The molecule has 4 saturated carbocycles. The number of hydrogen-bond donors (Lipinski definition) is 1. The zero-order valence-electron chi connectivity index (χ0n) is 14.3. The average molecular weight is 359 g/mol. The van der Waals surface area contributed by atoms with E-state index in [1.165, 1.54) is 36.7 Å². The second kappa shape index (κ2) is 5.40. The maximum atomic E-state index is 14.0. The molecule has 1 aromatic carbocycles. The number of halogens is 1. The lowest BCUT2D eigenvalue weighted by molar-refractivity contribution is -0.146. The Kier molecular flexibility index (Phi) is 3.36. The van der Waals surface area contributed by atoms with Gasteiger partial charge in [-0.25, -0.2) is 9.82 Å². The van der Waals surface area contributed by atoms with Gasteiger partial charge in [-0.05, 0) is 68.4 Å². The molecule has 1 aromatic heterocycles. The second-order valence-corrected chi connectivity index (χ2v) is 9.29. The van der Waals surface area contributed by atoms with Crippen LogP contribution in [0.25, 0.3) is 10.2 Å². The molecule has 25 heavy (non-hydrogen) atoms. The van der Waals surface area contributed by atoms with Crippen molar-refractivity contribution in [3.63, 3.8) is 0 Å². The first-order valence-electron chi connectivity index (χ1n) is 9.12. The summed E-state index contributed by atoms with van der Waals surface area (Å²) in [6.45, 7) is 0. The smallest absolute Gasteiger partial charge is 0.246 e. The van der Waals surface area contributed by atoms with E-state index in [2.05, 4.69) is 10.5 Å². The number of carbonyl (C=O) groups is 1. The van der Waals surface area contributed by atoms with Crippen molar-refractivity contribution in [3.8, 4) is 0 Å². The van der Waals surface area contributed by atoms with Crippen LogP contribution >= 0.6 is 11.3 Å². The van der Waals surface area contributed by atoms with Gasteiger partial charge in [-0.1, -0.05) is 17.4 Å². The van der Waals surface area contributed by atoms with E-state index in [1.54, 1.807) is 17.7 Å². The molecular weight excluding hydrogens is 337 g/mol. The summed E-state index contributed by atoms with van der Waals surface area (Å²) in [4.78, 5) is 13.6. The Morgan fingerprint density at radius 2 is 1.88 bits per heavy atom. The number of thiazole rings is 1. The number of rotatable bonds is 2. The minimum atomic E-state index is -0.259. The Morgan fingerprint density at radius 1 is 1.24 bits per heavy atom. The van der Waals surface area contributed by atoms with Crippen LogP contribution in [0.5, 0.6) is 0 Å². The van der Waals surface area contributed by atoms with Crippen molar-refractivity contribution in [1.82, 2.24) is 9.99 Å². The number of aryl methyl sites for hydroxylation is 1. The SMILES string of the molecule is Cn1/c(=N/NC(=O)C23CC4CC(CC(C4)C2)C3)sc2cccc(F)c21. The van der Waals surface area contributed by atoms with E-state index in [0.29, 0.717) is 10.3 Å². The first kappa shape index (κ1) is 15.6. The Labute approximate surface area is 149 Å². The quantitative estimate of drug-likeness (QED) is 0.819. The van der Waals surface area contributed by atoms with Gasteiger partial charge in [0.2, 0.25) is 10.7 Å². The molecule has 0 spiro atoms. The molecule has 1 N–H and O–H groups in total. The number of aromatic nitrogens is 1. The first-order valence-corrected chi connectivity index (χ1v) is 9.94. The third-order valence-electron chi connectivity index (χ3n) is 6.55. The molecule has 2 aromatic rings. The fourth-order valence-corrected chi connectivity index (χ4v) is 6.86. The second-order valence-electron chi connectivity index (χ2n) is 8.28. The van der Waals surface area contributed by atoms with Crippen LogP contribution in [0.1, 0.15) is 38.5 Å². The third-order valence-corrected chi connectivity index (χ3v) is 7.64. The van der Waals surface area contributed by atoms with Gasteiger partial charge in [-0.3, -0.25) is 4.79 Å². The van der Waals surface area contributed by atoms with Crippen molar-refractivity contribution in [3.05, 3.63) is 28.8 Å². The number of nitrogens with zero attached hydrogens (tertiary/aromatic N) is 2. The zero-order valence-corrected chi connectivity index (χ0v) is 15.1. The fraction of sp³-hybridized carbons (Fsp3) is 0.579. The number of benzene rings is 1. The number of amides is 1. The molecule has 4 aliphatic rings. The Balaban J connectivity index is 1.45. The van der Waals surface area contributed by atoms with Gasteiger partial charge in [-0.15, -0.1) is 5.10 Å². The highest BCUT2D eigenvalue weighted by molar-refractivity contribution is 7.16. The summed E-state index contributed by atoms with van der Waals surface area (Å²) < 4.78 is 16.6. The van der Waals surface area contributed by atoms with Crippen molar-refractivity contribution in [2.45, 2.75) is 38.5 Å². The molecule has 0 aliphatic heterocycles. The van der Waals surface area contributed by atoms with Crippen LogP contribution in [-0.4, -0.2) is 10.5 Å². The van der Waals surface area contributed by atoms with Crippen molar-refractivity contribution >= 4 is 27.5 Å². The monoisotopic (exact) mass is 359 g/mol. The van der Waals surface area contributed by atoms with Crippen LogP contribution in [0.15, 0.2) is 23.3 Å². The van der Waals surface area contributed by atoms with E-state index in [9.17, 15) is 9.18 Å². The van der Waals surface area contributed by atoms with Crippen LogP contribution < -0.4 is 10.2 Å². The van der Waals surface area contributed by atoms with Gasteiger partial charge < -0.3 is 4.57 Å². The highest BCUT2D eigenvalue weighted by atomic mass is 32.1. The van der Waals surface area contributed by atoms with E-state index in [1.807, 2.05) is 6.07 Å². The first-order chi connectivity index (χ1) is 12.0. The van der Waals surface area contributed by atoms with Gasteiger partial charge >= 0.3 is 0 Å². The van der Waals surface area contributed by atoms with E-state index < -0.39 is 0 Å². The van der Waals surface area contributed by atoms with Gasteiger partial charge in [0.05, 0.1) is 15.6 Å². The largest absolute Gasteiger partial charge is 0.316 e. The van der Waals surface area contributed by atoms with Crippen molar-refractivity contribution in [2.75, 3.05) is 0 Å². The molecule has 1 amide bonds. The number of para-hydroxylation sites is 1. The number of hydrogen-bond acceptors (Lipinski definition) is 3. The summed E-state index contributed by atoms with van der Waals surface area (Å²) in [5, 5.41) is 4.36. The number of carbonyl (C=O) groups excluding carboxylic acids is 1. The zero-order chi connectivity index (χ0) is 17.2. The molecule has 0 unspecified atom stereocenters. The van der Waals surface area contributed by atoms with Gasteiger partial charge in [0, 0.05) is 7.05 Å². The Morgan fingerprint density at radius 3 is 2.48 bits per heavy atom. The van der Waals surface area contributed by atoms with E-state index in [-0.39, 0.29) is 17.1 Å². The predicted molar refractivity (Wildman–Crippen MR) is 95.1 cm³/mol. The summed E-state index contributed by atoms with van der Waals surface area (Å²) >= 11 is 1.40. The fourth-order valence-electron chi connectivity index (χ4n) is 5.87. The molecule has 4 bridgehead atoms. The minimum Gasteiger partial charge on any atom is -0.316 e. The van der Waals surface area contributed by atoms with Crippen molar-refractivity contribution < 1.29 is 9.18 Å². The van der Waals surface area contributed by atoms with E-state index in [4.69, 9.17) is 0 Å². The van der Waals surface area contributed by atoms with Crippen molar-refractivity contribution in [1.29, 1.82) is 0 Å². The molecule has 4 aliphatic carbocycles. The third kappa shape index (κ3) is 2.37. The van der Waals surface area contributed by atoms with Gasteiger partial charge in [0.15, 0.2) is 0 Å². The van der Waals surface area contributed by atoms with Crippen LogP contribution in [0.2, 0.25) is 0 Å². The maximum Gasteiger partial charge on any atom is 0.246 e. The molecule has 4 fully saturated rings. The number of fused-ring (bicyclic) bond motifs is 1. The lowest BCUT2D eigenvalue weighted by Crippen LogP contribution is -2.53. The van der Waals surface area contributed by atoms with Gasteiger partial charge in [0.1, 0.15) is 5.82 Å². The van der Waals surface area contributed by atoms with Crippen LogP contribution in [0, 0.1) is 29.0 Å². The minimum absolute atomic E-state index is 0.0736. The summed E-state index contributed by atoms with van der Waals surface area (Å²) in [6, 6.07) is 5.03. The van der Waals surface area contributed by atoms with Crippen LogP contribution in [0.3, 0.4) is 0 Å². The Bertz CT molecular complexity index is 893. The summed E-state index contributed by atoms with van der Waals surface area (Å²) in [5.74, 6) is 2.00. The molecule has 0 atom stereocenters. The highest BCUT2D eigenvalue weighted by Crippen LogP contribution is 2.60. The standard InChI is InChI=1S/C19H22FN3OS/c1-23-16-14(20)3-2-4-15(16)25-18(23)22-21-17(24)19-8-11-5-12(9-19)7-13(6-11)10-19/h2-4,11-13H,5-10H2,1H3,(H,21,24)/b22-18-. The lowest BCUT2D eigenvalue weighted by Gasteiger charge is -2.55. The molecule has 0 saturated heterocycles. The molecular formula is C19H22FN3OS. The van der Waals surface area contributed by atoms with E-state index in [0.717, 1.165) is 41.7 Å². The molecule has 6 heteroatoms. The van der Waals surface area contributed by atoms with Crippen molar-refractivity contribution in [2.24, 2.45) is 35.3 Å². The molecule has 4 nitrogen and oxygen atoms in total. The Hall–Kier alpha value is -1.69. The molecule has 0 radical (unpaired) electrons. The topological polar surface area (TPSA) is 46.4 Å². The molecule has 1 heterocycles. The van der Waals surface area contributed by atoms with Crippen LogP contribution in [0.4, 0.5) is 4.39 Å².